The lowest BCUT2D eigenvalue weighted by Gasteiger charge is -2.23. The van der Waals surface area contributed by atoms with Gasteiger partial charge >= 0.3 is 12.0 Å². The molecule has 1 saturated heterocycles. The number of ether oxygens (including phenoxy) is 2. The lowest BCUT2D eigenvalue weighted by Crippen LogP contribution is -2.43. The summed E-state index contributed by atoms with van der Waals surface area (Å²) in [6.45, 7) is 2.23. The number of amides is 2. The smallest absolute Gasteiger partial charge is 0.335 e. The minimum Gasteiger partial charge on any atom is -0.478 e. The Morgan fingerprint density at radius 1 is 1.29 bits per heavy atom. The van der Waals surface area contributed by atoms with Crippen molar-refractivity contribution in [3.05, 3.63) is 35.4 Å². The summed E-state index contributed by atoms with van der Waals surface area (Å²) in [6.07, 6.45) is -0.125. The van der Waals surface area contributed by atoms with Crippen LogP contribution in [0.4, 0.5) is 4.79 Å². The van der Waals surface area contributed by atoms with Crippen LogP contribution in [0.3, 0.4) is 0 Å². The predicted molar refractivity (Wildman–Crippen MR) is 74.2 cm³/mol. The van der Waals surface area contributed by atoms with E-state index in [2.05, 4.69) is 10.6 Å². The summed E-state index contributed by atoms with van der Waals surface area (Å²) in [5, 5.41) is 14.2. The molecule has 0 saturated carbocycles. The molecule has 114 valence electrons. The second kappa shape index (κ2) is 7.61. The standard InChI is InChI=1S/C14H18N2O5/c17-13(18)11-3-1-2-10(6-11)7-15-14(19)16-8-12-9-20-4-5-21-12/h1-3,6,12H,4-5,7-9H2,(H,17,18)(H2,15,16,19). The van der Waals surface area contributed by atoms with Gasteiger partial charge in [0, 0.05) is 13.1 Å². The topological polar surface area (TPSA) is 96.9 Å². The SMILES string of the molecule is O=C(NCc1cccc(C(=O)O)c1)NCC1COCCO1. The molecule has 21 heavy (non-hydrogen) atoms. The van der Waals surface area contributed by atoms with Crippen molar-refractivity contribution in [1.29, 1.82) is 0 Å². The second-order valence-corrected chi connectivity index (χ2v) is 4.64. The van der Waals surface area contributed by atoms with Crippen LogP contribution < -0.4 is 10.6 Å². The highest BCUT2D eigenvalue weighted by Gasteiger charge is 2.15. The summed E-state index contributed by atoms with van der Waals surface area (Å²) in [5.74, 6) is -0.990. The Morgan fingerprint density at radius 3 is 2.86 bits per heavy atom. The van der Waals surface area contributed by atoms with E-state index in [4.69, 9.17) is 14.6 Å². The number of benzene rings is 1. The van der Waals surface area contributed by atoms with Crippen LogP contribution in [0.15, 0.2) is 24.3 Å². The highest BCUT2D eigenvalue weighted by atomic mass is 16.6. The lowest BCUT2D eigenvalue weighted by molar-refractivity contribution is -0.0853. The fraction of sp³-hybridized carbons (Fsp3) is 0.429. The van der Waals surface area contributed by atoms with E-state index in [1.165, 1.54) is 12.1 Å². The van der Waals surface area contributed by atoms with E-state index in [0.29, 0.717) is 26.4 Å². The van der Waals surface area contributed by atoms with Gasteiger partial charge in [-0.1, -0.05) is 12.1 Å². The molecule has 1 aromatic rings. The number of hydrogen-bond acceptors (Lipinski definition) is 4. The van der Waals surface area contributed by atoms with E-state index in [9.17, 15) is 9.59 Å². The monoisotopic (exact) mass is 294 g/mol. The molecule has 7 nitrogen and oxygen atoms in total. The summed E-state index contributed by atoms with van der Waals surface area (Å²) in [6, 6.07) is 6.11. The summed E-state index contributed by atoms with van der Waals surface area (Å²) < 4.78 is 10.6. The molecule has 1 aliphatic rings. The molecule has 2 rings (SSSR count). The fourth-order valence-corrected chi connectivity index (χ4v) is 1.92. The number of carboxylic acids is 1. The molecule has 1 heterocycles. The highest BCUT2D eigenvalue weighted by molar-refractivity contribution is 5.87. The van der Waals surface area contributed by atoms with Crippen molar-refractivity contribution >= 4 is 12.0 Å². The maximum Gasteiger partial charge on any atom is 0.335 e. The quantitative estimate of drug-likeness (QED) is 0.739. The summed E-state index contributed by atoms with van der Waals surface area (Å²) in [7, 11) is 0. The Morgan fingerprint density at radius 2 is 2.14 bits per heavy atom. The van der Waals surface area contributed by atoms with Crippen LogP contribution in [0, 0.1) is 0 Å². The third-order valence-electron chi connectivity index (χ3n) is 3.00. The Balaban J connectivity index is 1.73. The van der Waals surface area contributed by atoms with Gasteiger partial charge in [-0.25, -0.2) is 9.59 Å². The summed E-state index contributed by atoms with van der Waals surface area (Å²) in [5.41, 5.74) is 0.921. The Labute approximate surface area is 122 Å². The minimum atomic E-state index is -0.990. The number of hydrogen-bond donors (Lipinski definition) is 3. The van der Waals surface area contributed by atoms with E-state index in [-0.39, 0.29) is 24.2 Å². The first-order valence-corrected chi connectivity index (χ1v) is 6.68. The van der Waals surface area contributed by atoms with Gasteiger partial charge in [0.15, 0.2) is 0 Å². The molecule has 0 aliphatic carbocycles. The average Bonchev–Trinajstić information content (AvgIpc) is 2.52. The van der Waals surface area contributed by atoms with Crippen LogP contribution >= 0.6 is 0 Å². The molecule has 1 fully saturated rings. The van der Waals surface area contributed by atoms with Crippen molar-refractivity contribution in [2.75, 3.05) is 26.4 Å². The van der Waals surface area contributed by atoms with E-state index in [1.54, 1.807) is 12.1 Å². The first kappa shape index (κ1) is 15.3. The molecule has 1 aliphatic heterocycles. The highest BCUT2D eigenvalue weighted by Crippen LogP contribution is 2.05. The number of nitrogens with one attached hydrogen (secondary N) is 2. The molecule has 0 aromatic heterocycles. The Bertz CT molecular complexity index is 500. The molecule has 3 N–H and O–H groups in total. The number of carbonyl (C=O) groups is 2. The average molecular weight is 294 g/mol. The van der Waals surface area contributed by atoms with Gasteiger partial charge < -0.3 is 25.2 Å². The van der Waals surface area contributed by atoms with Crippen LogP contribution in [-0.4, -0.2) is 49.6 Å². The van der Waals surface area contributed by atoms with Gasteiger partial charge in [0.2, 0.25) is 0 Å². The van der Waals surface area contributed by atoms with Crippen molar-refractivity contribution in [3.63, 3.8) is 0 Å². The number of urea groups is 1. The molecular formula is C14H18N2O5. The first-order valence-electron chi connectivity index (χ1n) is 6.68. The van der Waals surface area contributed by atoms with Crippen LogP contribution in [0.25, 0.3) is 0 Å². The zero-order valence-corrected chi connectivity index (χ0v) is 11.5. The largest absolute Gasteiger partial charge is 0.478 e. The van der Waals surface area contributed by atoms with Gasteiger partial charge in [0.05, 0.1) is 31.5 Å². The van der Waals surface area contributed by atoms with Gasteiger partial charge in [-0.05, 0) is 17.7 Å². The molecule has 1 atom stereocenters. The molecular weight excluding hydrogens is 276 g/mol. The minimum absolute atomic E-state index is 0.125. The predicted octanol–water partition coefficient (Wildman–Crippen LogP) is 0.599. The zero-order valence-electron chi connectivity index (χ0n) is 11.5. The van der Waals surface area contributed by atoms with Gasteiger partial charge in [-0.15, -0.1) is 0 Å². The van der Waals surface area contributed by atoms with Gasteiger partial charge in [-0.2, -0.15) is 0 Å². The van der Waals surface area contributed by atoms with E-state index in [1.807, 2.05) is 0 Å². The van der Waals surface area contributed by atoms with Crippen molar-refractivity contribution in [3.8, 4) is 0 Å². The molecule has 0 bridgehead atoms. The van der Waals surface area contributed by atoms with Gasteiger partial charge in [-0.3, -0.25) is 0 Å². The van der Waals surface area contributed by atoms with Crippen LogP contribution in [0.1, 0.15) is 15.9 Å². The first-order chi connectivity index (χ1) is 10.1. The van der Waals surface area contributed by atoms with Crippen LogP contribution in [0.2, 0.25) is 0 Å². The van der Waals surface area contributed by atoms with Crippen molar-refractivity contribution < 1.29 is 24.2 Å². The lowest BCUT2D eigenvalue weighted by atomic mass is 10.1. The normalized spacial score (nSPS) is 18.0. The molecule has 1 unspecified atom stereocenters. The number of carboxylic acid groups (broad SMARTS) is 1. The Hall–Kier alpha value is -2.12. The third-order valence-corrected chi connectivity index (χ3v) is 3.00. The molecule has 2 amide bonds. The summed E-state index contributed by atoms with van der Waals surface area (Å²) >= 11 is 0. The molecule has 7 heteroatoms. The second-order valence-electron chi connectivity index (χ2n) is 4.64. The molecule has 0 spiro atoms. The number of aromatic carboxylic acids is 1. The third kappa shape index (κ3) is 5.05. The van der Waals surface area contributed by atoms with Crippen molar-refractivity contribution in [2.45, 2.75) is 12.6 Å². The van der Waals surface area contributed by atoms with Crippen LogP contribution in [-0.2, 0) is 16.0 Å². The van der Waals surface area contributed by atoms with Gasteiger partial charge in [0.25, 0.3) is 0 Å². The fourth-order valence-electron chi connectivity index (χ4n) is 1.92. The van der Waals surface area contributed by atoms with E-state index >= 15 is 0 Å². The number of rotatable bonds is 5. The summed E-state index contributed by atoms with van der Waals surface area (Å²) in [4.78, 5) is 22.5. The maximum absolute atomic E-state index is 11.6. The van der Waals surface area contributed by atoms with E-state index < -0.39 is 5.97 Å². The molecule has 0 radical (unpaired) electrons. The van der Waals surface area contributed by atoms with Crippen LogP contribution in [0.5, 0.6) is 0 Å². The van der Waals surface area contributed by atoms with Gasteiger partial charge in [0.1, 0.15) is 0 Å². The number of carbonyl (C=O) groups excluding carboxylic acids is 1. The zero-order chi connectivity index (χ0) is 15.1. The maximum atomic E-state index is 11.6. The Kier molecular flexibility index (Phi) is 5.53. The van der Waals surface area contributed by atoms with E-state index in [0.717, 1.165) is 5.56 Å². The van der Waals surface area contributed by atoms with Crippen molar-refractivity contribution in [2.24, 2.45) is 0 Å². The van der Waals surface area contributed by atoms with Crippen molar-refractivity contribution in [1.82, 2.24) is 10.6 Å². The molecule has 1 aromatic carbocycles.